The Balaban J connectivity index is 1.73. The van der Waals surface area contributed by atoms with Gasteiger partial charge in [0, 0.05) is 24.0 Å². The number of non-ortho nitro benzene ring substituents is 1. The van der Waals surface area contributed by atoms with Gasteiger partial charge in [-0.2, -0.15) is 0 Å². The Morgan fingerprint density at radius 2 is 1.65 bits per heavy atom. The molecule has 120 valence electrons. The van der Waals surface area contributed by atoms with Gasteiger partial charge in [0.25, 0.3) is 5.69 Å². The van der Waals surface area contributed by atoms with Crippen molar-refractivity contribution in [2.45, 2.75) is 18.6 Å². The van der Waals surface area contributed by atoms with Crippen LogP contribution in [0.5, 0.6) is 0 Å². The van der Waals surface area contributed by atoms with E-state index in [4.69, 9.17) is 0 Å². The Hall–Kier alpha value is -2.32. The molecule has 2 amide bonds. The van der Waals surface area contributed by atoms with Crippen LogP contribution in [0.3, 0.4) is 0 Å². The molecule has 0 spiro atoms. The van der Waals surface area contributed by atoms with Crippen LogP contribution < -0.4 is 4.90 Å². The monoisotopic (exact) mass is 318 g/mol. The molecular weight excluding hydrogens is 304 g/mol. The van der Waals surface area contributed by atoms with E-state index < -0.39 is 52.6 Å². The Morgan fingerprint density at radius 3 is 2.17 bits per heavy atom. The van der Waals surface area contributed by atoms with E-state index in [1.807, 2.05) is 0 Å². The first-order valence-corrected chi connectivity index (χ1v) is 7.40. The lowest BCUT2D eigenvalue weighted by Gasteiger charge is -2.29. The number of nitro benzene ring substituents is 1. The molecule has 1 saturated heterocycles. The molecule has 8 heteroatoms. The van der Waals surface area contributed by atoms with Crippen LogP contribution in [0, 0.1) is 33.8 Å². The lowest BCUT2D eigenvalue weighted by molar-refractivity contribution is -0.384. The van der Waals surface area contributed by atoms with Gasteiger partial charge in [-0.25, -0.2) is 4.90 Å². The van der Waals surface area contributed by atoms with E-state index in [1.165, 1.54) is 24.3 Å². The fourth-order valence-corrected chi connectivity index (χ4v) is 4.43. The summed E-state index contributed by atoms with van der Waals surface area (Å²) in [5.74, 6) is -3.05. The molecule has 1 aromatic carbocycles. The van der Waals surface area contributed by atoms with E-state index in [0.717, 1.165) is 4.90 Å². The Labute approximate surface area is 130 Å². The van der Waals surface area contributed by atoms with Crippen molar-refractivity contribution in [3.8, 4) is 0 Å². The quantitative estimate of drug-likeness (QED) is 0.452. The Morgan fingerprint density at radius 1 is 1.09 bits per heavy atom. The molecule has 3 fully saturated rings. The van der Waals surface area contributed by atoms with Crippen molar-refractivity contribution in [3.05, 3.63) is 34.4 Å². The van der Waals surface area contributed by atoms with Gasteiger partial charge in [-0.15, -0.1) is 0 Å². The number of benzene rings is 1. The number of aliphatic hydroxyl groups excluding tert-OH is 2. The zero-order valence-corrected chi connectivity index (χ0v) is 11.9. The topological polar surface area (TPSA) is 121 Å². The minimum absolute atomic E-state index is 0.159. The number of nitro groups is 1. The van der Waals surface area contributed by atoms with Crippen molar-refractivity contribution >= 4 is 23.2 Å². The van der Waals surface area contributed by atoms with Crippen LogP contribution in [0.2, 0.25) is 0 Å². The molecule has 0 aromatic heterocycles. The number of carbonyl (C=O) groups is 2. The summed E-state index contributed by atoms with van der Waals surface area (Å²) in [7, 11) is 0. The lowest BCUT2D eigenvalue weighted by atomic mass is 9.78. The fraction of sp³-hybridized carbons (Fsp3) is 0.467. The molecule has 0 unspecified atom stereocenters. The average molecular weight is 318 g/mol. The summed E-state index contributed by atoms with van der Waals surface area (Å²) in [4.78, 5) is 36.6. The number of fused-ring (bicyclic) bond motifs is 5. The molecule has 4 rings (SSSR count). The number of rotatable bonds is 2. The highest BCUT2D eigenvalue weighted by molar-refractivity contribution is 6.22. The maximum atomic E-state index is 12.7. The first kappa shape index (κ1) is 14.3. The molecule has 3 aliphatic rings. The summed E-state index contributed by atoms with van der Waals surface area (Å²) >= 11 is 0. The second-order valence-corrected chi connectivity index (χ2v) is 6.39. The van der Waals surface area contributed by atoms with Crippen molar-refractivity contribution < 1.29 is 24.7 Å². The highest BCUT2D eigenvalue weighted by atomic mass is 16.6. The Bertz CT molecular complexity index is 702. The van der Waals surface area contributed by atoms with Crippen molar-refractivity contribution in [2.75, 3.05) is 4.90 Å². The van der Waals surface area contributed by atoms with Crippen molar-refractivity contribution in [3.63, 3.8) is 0 Å². The van der Waals surface area contributed by atoms with E-state index in [-0.39, 0.29) is 11.4 Å². The van der Waals surface area contributed by atoms with E-state index in [0.29, 0.717) is 6.42 Å². The maximum absolute atomic E-state index is 12.7. The van der Waals surface area contributed by atoms with Gasteiger partial charge in [0.05, 0.1) is 34.7 Å². The van der Waals surface area contributed by atoms with Crippen molar-refractivity contribution in [2.24, 2.45) is 23.7 Å². The number of amides is 2. The number of anilines is 1. The molecule has 8 nitrogen and oxygen atoms in total. The average Bonchev–Trinajstić information content (AvgIpc) is 3.12. The summed E-state index contributed by atoms with van der Waals surface area (Å²) in [6.45, 7) is 0. The molecule has 2 N–H and O–H groups in total. The van der Waals surface area contributed by atoms with Gasteiger partial charge in [-0.05, 0) is 12.5 Å². The second-order valence-electron chi connectivity index (χ2n) is 6.39. The van der Waals surface area contributed by atoms with E-state index in [1.54, 1.807) is 0 Å². The summed E-state index contributed by atoms with van der Waals surface area (Å²) in [5.41, 5.74) is -0.0461. The molecule has 23 heavy (non-hydrogen) atoms. The van der Waals surface area contributed by atoms with Gasteiger partial charge < -0.3 is 10.2 Å². The van der Waals surface area contributed by atoms with E-state index >= 15 is 0 Å². The highest BCUT2D eigenvalue weighted by Crippen LogP contribution is 2.56. The number of nitrogens with zero attached hydrogens (tertiary/aromatic N) is 2. The van der Waals surface area contributed by atoms with Crippen LogP contribution in [0.4, 0.5) is 11.4 Å². The summed E-state index contributed by atoms with van der Waals surface area (Å²) < 4.78 is 0. The third-order valence-corrected chi connectivity index (χ3v) is 5.39. The van der Waals surface area contributed by atoms with Crippen molar-refractivity contribution in [1.29, 1.82) is 0 Å². The smallest absolute Gasteiger partial charge is 0.271 e. The van der Waals surface area contributed by atoms with Gasteiger partial charge in [0.15, 0.2) is 0 Å². The van der Waals surface area contributed by atoms with E-state index in [9.17, 15) is 29.9 Å². The number of hydrogen-bond acceptors (Lipinski definition) is 6. The SMILES string of the molecule is O=C1[C@@H]2[C@H]3C[C@H]([C@H](O)[C@@H]3O)[C@@H]2C(=O)N1c1cccc([N+](=O)[O-])c1. The molecule has 1 aromatic rings. The predicted octanol–water partition coefficient (Wildman–Crippen LogP) is 0.0719. The molecule has 0 radical (unpaired) electrons. The Kier molecular flexibility index (Phi) is 2.85. The van der Waals surface area contributed by atoms with Crippen LogP contribution in [0.1, 0.15) is 6.42 Å². The van der Waals surface area contributed by atoms with Crippen LogP contribution in [-0.2, 0) is 9.59 Å². The largest absolute Gasteiger partial charge is 0.390 e. The van der Waals surface area contributed by atoms with Crippen LogP contribution in [0.25, 0.3) is 0 Å². The predicted molar refractivity (Wildman–Crippen MR) is 76.2 cm³/mol. The summed E-state index contributed by atoms with van der Waals surface area (Å²) in [5, 5.41) is 30.9. The lowest BCUT2D eigenvalue weighted by Crippen LogP contribution is -2.43. The number of aliphatic hydroxyl groups is 2. The van der Waals surface area contributed by atoms with Gasteiger partial charge in [0.1, 0.15) is 0 Å². The number of hydrogen-bond donors (Lipinski definition) is 2. The molecule has 1 heterocycles. The summed E-state index contributed by atoms with van der Waals surface area (Å²) in [6.07, 6.45) is -1.54. The third-order valence-electron chi connectivity index (χ3n) is 5.39. The van der Waals surface area contributed by atoms with Gasteiger partial charge in [0.2, 0.25) is 11.8 Å². The molecular formula is C15H14N2O6. The third kappa shape index (κ3) is 1.73. The van der Waals surface area contributed by atoms with Crippen LogP contribution in [-0.4, -0.2) is 39.2 Å². The molecule has 2 saturated carbocycles. The zero-order valence-electron chi connectivity index (χ0n) is 11.9. The maximum Gasteiger partial charge on any atom is 0.271 e. The fourth-order valence-electron chi connectivity index (χ4n) is 4.43. The first-order chi connectivity index (χ1) is 10.9. The highest BCUT2D eigenvalue weighted by Gasteiger charge is 2.67. The number of imide groups is 1. The summed E-state index contributed by atoms with van der Waals surface area (Å²) in [6, 6.07) is 5.36. The molecule has 2 bridgehead atoms. The van der Waals surface area contributed by atoms with Crippen LogP contribution in [0.15, 0.2) is 24.3 Å². The normalized spacial score (nSPS) is 38.3. The molecule has 6 atom stereocenters. The van der Waals surface area contributed by atoms with Gasteiger partial charge >= 0.3 is 0 Å². The van der Waals surface area contributed by atoms with Gasteiger partial charge in [-0.3, -0.25) is 19.7 Å². The number of carbonyl (C=O) groups excluding carboxylic acids is 2. The minimum Gasteiger partial charge on any atom is -0.390 e. The molecule has 1 aliphatic heterocycles. The minimum atomic E-state index is -0.997. The van der Waals surface area contributed by atoms with Gasteiger partial charge in [-0.1, -0.05) is 6.07 Å². The van der Waals surface area contributed by atoms with Crippen LogP contribution >= 0.6 is 0 Å². The standard InChI is InChI=1S/C15H14N2O6/c18-12-8-5-9(13(12)19)11-10(8)14(20)16(15(11)21)6-2-1-3-7(4-6)17(22)23/h1-4,8-13,18-19H,5H2/t8-,9+,10-,11+,12-,13+. The zero-order chi connectivity index (χ0) is 16.5. The molecule has 2 aliphatic carbocycles. The second kappa shape index (κ2) is 4.59. The van der Waals surface area contributed by atoms with E-state index in [2.05, 4.69) is 0 Å². The van der Waals surface area contributed by atoms with Crippen molar-refractivity contribution in [1.82, 2.24) is 0 Å². The first-order valence-electron chi connectivity index (χ1n) is 7.40.